The average Bonchev–Trinajstić information content (AvgIpc) is 2.52. The highest BCUT2D eigenvalue weighted by atomic mass is 32.1. The normalized spacial score (nSPS) is 11.1. The minimum atomic E-state index is -4.38. The van der Waals surface area contributed by atoms with Crippen LogP contribution in [0.25, 0.3) is 0 Å². The van der Waals surface area contributed by atoms with Gasteiger partial charge in [0.1, 0.15) is 6.54 Å². The van der Waals surface area contributed by atoms with Crippen LogP contribution in [-0.4, -0.2) is 18.8 Å². The maximum absolute atomic E-state index is 11.7. The molecule has 0 fully saturated rings. The summed E-state index contributed by atoms with van der Waals surface area (Å²) in [5.41, 5.74) is 0.481. The van der Waals surface area contributed by atoms with Crippen molar-refractivity contribution in [3.63, 3.8) is 0 Å². The fourth-order valence-electron chi connectivity index (χ4n) is 0.691. The van der Waals surface area contributed by atoms with Crippen molar-refractivity contribution < 1.29 is 18.0 Å². The van der Waals surface area contributed by atoms with E-state index in [1.54, 1.807) is 22.1 Å². The van der Waals surface area contributed by atoms with Crippen molar-refractivity contribution in [1.82, 2.24) is 5.32 Å². The number of amides is 2. The average molecular weight is 224 g/mol. The van der Waals surface area contributed by atoms with E-state index >= 15 is 0 Å². The Morgan fingerprint density at radius 2 is 2.21 bits per heavy atom. The van der Waals surface area contributed by atoms with Gasteiger partial charge in [-0.25, -0.2) is 4.79 Å². The second-order valence-corrected chi connectivity index (χ2v) is 3.21. The van der Waals surface area contributed by atoms with Gasteiger partial charge in [-0.3, -0.25) is 0 Å². The van der Waals surface area contributed by atoms with Crippen LogP contribution in [0.5, 0.6) is 0 Å². The number of nitrogens with one attached hydrogen (secondary N) is 2. The predicted octanol–water partition coefficient (Wildman–Crippen LogP) is 2.43. The molecule has 0 aliphatic rings. The maximum Gasteiger partial charge on any atom is 0.405 e. The highest BCUT2D eigenvalue weighted by Crippen LogP contribution is 2.13. The monoisotopic (exact) mass is 224 g/mol. The SMILES string of the molecule is O=C(NCC(F)(F)F)Nc1ccsc1. The number of carbonyl (C=O) groups excluding carboxylic acids is 1. The van der Waals surface area contributed by atoms with Crippen molar-refractivity contribution in [1.29, 1.82) is 0 Å². The topological polar surface area (TPSA) is 41.1 Å². The summed E-state index contributed by atoms with van der Waals surface area (Å²) >= 11 is 1.34. The number of carbonyl (C=O) groups is 1. The summed E-state index contributed by atoms with van der Waals surface area (Å²) < 4.78 is 35.0. The lowest BCUT2D eigenvalue weighted by Gasteiger charge is -2.08. The summed E-state index contributed by atoms with van der Waals surface area (Å²) in [5.74, 6) is 0. The van der Waals surface area contributed by atoms with E-state index < -0.39 is 18.8 Å². The molecular weight excluding hydrogens is 217 g/mol. The number of anilines is 1. The van der Waals surface area contributed by atoms with Gasteiger partial charge in [-0.05, 0) is 11.4 Å². The van der Waals surface area contributed by atoms with Gasteiger partial charge in [0.2, 0.25) is 0 Å². The first-order valence-corrected chi connectivity index (χ1v) is 4.55. The lowest BCUT2D eigenvalue weighted by Crippen LogP contribution is -2.36. The molecule has 0 saturated heterocycles. The van der Waals surface area contributed by atoms with Crippen molar-refractivity contribution in [3.8, 4) is 0 Å². The standard InChI is InChI=1S/C7H7F3N2OS/c8-7(9,10)4-11-6(13)12-5-1-2-14-3-5/h1-3H,4H2,(H2,11,12,13). The molecule has 0 aliphatic carbocycles. The minimum Gasteiger partial charge on any atom is -0.329 e. The van der Waals surface area contributed by atoms with E-state index in [1.807, 2.05) is 0 Å². The van der Waals surface area contributed by atoms with Crippen LogP contribution >= 0.6 is 11.3 Å². The largest absolute Gasteiger partial charge is 0.405 e. The molecular formula is C7H7F3N2OS. The molecule has 0 unspecified atom stereocenters. The third kappa shape index (κ3) is 4.13. The van der Waals surface area contributed by atoms with Gasteiger partial charge in [0.05, 0.1) is 5.69 Å². The van der Waals surface area contributed by atoms with Crippen molar-refractivity contribution in [2.45, 2.75) is 6.18 Å². The molecule has 0 bridgehead atoms. The summed E-state index contributed by atoms with van der Waals surface area (Å²) in [4.78, 5) is 10.8. The van der Waals surface area contributed by atoms with Crippen LogP contribution in [0.3, 0.4) is 0 Å². The van der Waals surface area contributed by atoms with Crippen molar-refractivity contribution in [2.24, 2.45) is 0 Å². The highest BCUT2D eigenvalue weighted by molar-refractivity contribution is 7.08. The molecule has 0 aromatic carbocycles. The first kappa shape index (κ1) is 10.8. The van der Waals surface area contributed by atoms with Gasteiger partial charge in [0, 0.05) is 5.38 Å². The maximum atomic E-state index is 11.7. The molecule has 0 aliphatic heterocycles. The number of rotatable bonds is 2. The number of alkyl halides is 3. The zero-order chi connectivity index (χ0) is 10.6. The number of hydrogen-bond acceptors (Lipinski definition) is 2. The van der Waals surface area contributed by atoms with Crippen molar-refractivity contribution in [2.75, 3.05) is 11.9 Å². The van der Waals surface area contributed by atoms with E-state index in [9.17, 15) is 18.0 Å². The molecule has 2 amide bonds. The smallest absolute Gasteiger partial charge is 0.329 e. The Morgan fingerprint density at radius 3 is 2.71 bits per heavy atom. The molecule has 2 N–H and O–H groups in total. The zero-order valence-electron chi connectivity index (χ0n) is 6.89. The Morgan fingerprint density at radius 1 is 1.50 bits per heavy atom. The Labute approximate surface area is 81.9 Å². The second-order valence-electron chi connectivity index (χ2n) is 2.43. The Hall–Kier alpha value is -1.24. The zero-order valence-corrected chi connectivity index (χ0v) is 7.71. The van der Waals surface area contributed by atoms with Gasteiger partial charge >= 0.3 is 12.2 Å². The van der Waals surface area contributed by atoms with Crippen LogP contribution in [0.4, 0.5) is 23.7 Å². The van der Waals surface area contributed by atoms with Gasteiger partial charge < -0.3 is 10.6 Å². The molecule has 14 heavy (non-hydrogen) atoms. The third-order valence-corrected chi connectivity index (χ3v) is 1.91. The molecule has 78 valence electrons. The first-order chi connectivity index (χ1) is 6.47. The minimum absolute atomic E-state index is 0.481. The highest BCUT2D eigenvalue weighted by Gasteiger charge is 2.27. The van der Waals surface area contributed by atoms with Crippen LogP contribution in [-0.2, 0) is 0 Å². The Balaban J connectivity index is 2.30. The quantitative estimate of drug-likeness (QED) is 0.795. The first-order valence-electron chi connectivity index (χ1n) is 3.61. The van der Waals surface area contributed by atoms with Crippen molar-refractivity contribution in [3.05, 3.63) is 16.8 Å². The molecule has 7 heteroatoms. The number of thiophene rings is 1. The predicted molar refractivity (Wildman–Crippen MR) is 47.4 cm³/mol. The molecule has 0 saturated carbocycles. The van der Waals surface area contributed by atoms with Crippen molar-refractivity contribution >= 4 is 23.1 Å². The fraction of sp³-hybridized carbons (Fsp3) is 0.286. The molecule has 1 aromatic heterocycles. The van der Waals surface area contributed by atoms with Gasteiger partial charge in [0.25, 0.3) is 0 Å². The summed E-state index contributed by atoms with van der Waals surface area (Å²) in [6.07, 6.45) is -4.38. The summed E-state index contributed by atoms with van der Waals surface area (Å²) in [6, 6.07) is 0.735. The number of hydrogen-bond donors (Lipinski definition) is 2. The molecule has 0 spiro atoms. The molecule has 1 heterocycles. The van der Waals surface area contributed by atoms with E-state index in [0.29, 0.717) is 5.69 Å². The fourth-order valence-corrected chi connectivity index (χ4v) is 1.28. The van der Waals surface area contributed by atoms with E-state index in [2.05, 4.69) is 5.32 Å². The molecule has 0 atom stereocenters. The summed E-state index contributed by atoms with van der Waals surface area (Å²) in [7, 11) is 0. The van der Waals surface area contributed by atoms with Gasteiger partial charge in [-0.1, -0.05) is 0 Å². The molecule has 1 rings (SSSR count). The van der Waals surface area contributed by atoms with Crippen LogP contribution in [0.2, 0.25) is 0 Å². The summed E-state index contributed by atoms with van der Waals surface area (Å²) in [5, 5.41) is 7.27. The van der Waals surface area contributed by atoms with E-state index in [1.165, 1.54) is 11.3 Å². The lowest BCUT2D eigenvalue weighted by molar-refractivity contribution is -0.122. The van der Waals surface area contributed by atoms with Crippen LogP contribution in [0, 0.1) is 0 Å². The molecule has 1 aromatic rings. The summed E-state index contributed by atoms with van der Waals surface area (Å²) in [6.45, 7) is -1.33. The van der Waals surface area contributed by atoms with E-state index in [-0.39, 0.29) is 0 Å². The second kappa shape index (κ2) is 4.32. The van der Waals surface area contributed by atoms with Crippen LogP contribution < -0.4 is 10.6 Å². The number of halogens is 3. The number of urea groups is 1. The van der Waals surface area contributed by atoms with Gasteiger partial charge in [-0.15, -0.1) is 0 Å². The lowest BCUT2D eigenvalue weighted by atomic mass is 10.5. The molecule has 3 nitrogen and oxygen atoms in total. The van der Waals surface area contributed by atoms with Gasteiger partial charge in [-0.2, -0.15) is 24.5 Å². The van der Waals surface area contributed by atoms with Crippen LogP contribution in [0.15, 0.2) is 16.8 Å². The third-order valence-electron chi connectivity index (χ3n) is 1.23. The van der Waals surface area contributed by atoms with E-state index in [0.717, 1.165) is 0 Å². The Kier molecular flexibility index (Phi) is 3.34. The van der Waals surface area contributed by atoms with Crippen LogP contribution in [0.1, 0.15) is 0 Å². The Bertz CT molecular complexity index is 296. The molecule has 0 radical (unpaired) electrons. The van der Waals surface area contributed by atoms with E-state index in [4.69, 9.17) is 0 Å². The van der Waals surface area contributed by atoms with Gasteiger partial charge in [0.15, 0.2) is 0 Å².